The van der Waals surface area contributed by atoms with Crippen LogP contribution in [0.2, 0.25) is 0 Å². The highest BCUT2D eigenvalue weighted by molar-refractivity contribution is 5.78. The van der Waals surface area contributed by atoms with Crippen molar-refractivity contribution in [3.63, 3.8) is 0 Å². The first kappa shape index (κ1) is 16.3. The maximum Gasteiger partial charge on any atom is 0.260 e. The summed E-state index contributed by atoms with van der Waals surface area (Å²) in [5.74, 6) is 1.86. The molecule has 0 spiro atoms. The highest BCUT2D eigenvalue weighted by atomic mass is 16.5. The van der Waals surface area contributed by atoms with Crippen molar-refractivity contribution in [2.75, 3.05) is 26.2 Å². The highest BCUT2D eigenvalue weighted by Gasteiger charge is 2.23. The lowest BCUT2D eigenvalue weighted by Crippen LogP contribution is -2.53. The van der Waals surface area contributed by atoms with Gasteiger partial charge in [0, 0.05) is 37.9 Å². The Labute approximate surface area is 141 Å². The van der Waals surface area contributed by atoms with Gasteiger partial charge in [-0.05, 0) is 37.3 Å². The van der Waals surface area contributed by atoms with Crippen LogP contribution < -0.4 is 14.8 Å². The van der Waals surface area contributed by atoms with E-state index in [1.165, 1.54) is 0 Å². The topological polar surface area (TPSA) is 63.7 Å². The van der Waals surface area contributed by atoms with Crippen molar-refractivity contribution in [1.29, 1.82) is 0 Å². The first-order valence-electron chi connectivity index (χ1n) is 8.04. The van der Waals surface area contributed by atoms with Crippen LogP contribution in [0.25, 0.3) is 0 Å². The predicted octanol–water partition coefficient (Wildman–Crippen LogP) is 2.07. The summed E-state index contributed by atoms with van der Waals surface area (Å²) in [5, 5.41) is 3.27. The predicted molar refractivity (Wildman–Crippen MR) is 90.3 cm³/mol. The number of nitrogens with one attached hydrogen (secondary N) is 1. The van der Waals surface area contributed by atoms with Crippen LogP contribution in [0.3, 0.4) is 0 Å². The number of aromatic nitrogens is 1. The zero-order chi connectivity index (χ0) is 16.8. The van der Waals surface area contributed by atoms with Gasteiger partial charge < -0.3 is 19.7 Å². The number of hydrogen-bond acceptors (Lipinski definition) is 5. The number of carbonyl (C=O) groups is 1. The lowest BCUT2D eigenvalue weighted by atomic mass is 10.2. The van der Waals surface area contributed by atoms with E-state index in [4.69, 9.17) is 9.47 Å². The number of rotatable bonds is 5. The minimum atomic E-state index is 0.0119. The van der Waals surface area contributed by atoms with Crippen LogP contribution in [0.1, 0.15) is 6.92 Å². The highest BCUT2D eigenvalue weighted by Crippen LogP contribution is 2.22. The number of amides is 1. The standard InChI is InChI=1S/C18H21N3O3/c1-14-12-19-10-11-21(14)18(22)13-23-15-5-7-16(8-6-15)24-17-4-2-3-9-20-17/h2-9,14,19H,10-13H2,1H3. The largest absolute Gasteiger partial charge is 0.484 e. The summed E-state index contributed by atoms with van der Waals surface area (Å²) >= 11 is 0. The number of pyridine rings is 1. The van der Waals surface area contributed by atoms with E-state index in [2.05, 4.69) is 10.3 Å². The van der Waals surface area contributed by atoms with Crippen molar-refractivity contribution in [2.24, 2.45) is 0 Å². The molecule has 1 aromatic heterocycles. The summed E-state index contributed by atoms with van der Waals surface area (Å²) in [7, 11) is 0. The van der Waals surface area contributed by atoms with Crippen molar-refractivity contribution in [3.05, 3.63) is 48.7 Å². The molecule has 2 aromatic rings. The van der Waals surface area contributed by atoms with Gasteiger partial charge in [-0.15, -0.1) is 0 Å². The number of nitrogens with zero attached hydrogens (tertiary/aromatic N) is 2. The molecule has 6 heteroatoms. The Balaban J connectivity index is 1.51. The molecular weight excluding hydrogens is 306 g/mol. The average molecular weight is 327 g/mol. The van der Waals surface area contributed by atoms with E-state index in [9.17, 15) is 4.79 Å². The number of piperazine rings is 1. The second-order valence-corrected chi connectivity index (χ2v) is 5.67. The Bertz CT molecular complexity index is 661. The molecule has 2 heterocycles. The van der Waals surface area contributed by atoms with Crippen molar-refractivity contribution in [1.82, 2.24) is 15.2 Å². The maximum atomic E-state index is 12.2. The minimum absolute atomic E-state index is 0.0119. The fourth-order valence-electron chi connectivity index (χ4n) is 2.57. The molecule has 1 amide bonds. The first-order chi connectivity index (χ1) is 11.7. The number of hydrogen-bond donors (Lipinski definition) is 1. The van der Waals surface area contributed by atoms with E-state index >= 15 is 0 Å². The molecule has 126 valence electrons. The third-order valence-corrected chi connectivity index (χ3v) is 3.87. The molecule has 1 unspecified atom stereocenters. The molecule has 0 bridgehead atoms. The van der Waals surface area contributed by atoms with Gasteiger partial charge in [-0.2, -0.15) is 0 Å². The van der Waals surface area contributed by atoms with Gasteiger partial charge in [-0.25, -0.2) is 4.98 Å². The minimum Gasteiger partial charge on any atom is -0.484 e. The summed E-state index contributed by atoms with van der Waals surface area (Å²) in [6, 6.07) is 12.8. The molecule has 24 heavy (non-hydrogen) atoms. The molecule has 6 nitrogen and oxygen atoms in total. The van der Waals surface area contributed by atoms with Crippen LogP contribution in [-0.2, 0) is 4.79 Å². The Hall–Kier alpha value is -2.60. The van der Waals surface area contributed by atoms with Gasteiger partial charge in [0.25, 0.3) is 5.91 Å². The normalized spacial score (nSPS) is 17.4. The molecule has 1 aromatic carbocycles. The molecule has 0 aliphatic carbocycles. The molecule has 1 aliphatic heterocycles. The smallest absolute Gasteiger partial charge is 0.260 e. The van der Waals surface area contributed by atoms with Crippen molar-refractivity contribution < 1.29 is 14.3 Å². The SMILES string of the molecule is CC1CNCCN1C(=O)COc1ccc(Oc2ccccn2)cc1. The Morgan fingerprint density at radius 1 is 1.25 bits per heavy atom. The first-order valence-corrected chi connectivity index (χ1v) is 8.04. The van der Waals surface area contributed by atoms with Gasteiger partial charge in [-0.3, -0.25) is 4.79 Å². The van der Waals surface area contributed by atoms with Gasteiger partial charge in [-0.1, -0.05) is 6.07 Å². The fraction of sp³-hybridized carbons (Fsp3) is 0.333. The monoisotopic (exact) mass is 327 g/mol. The summed E-state index contributed by atoms with van der Waals surface area (Å²) in [6.45, 7) is 4.46. The third-order valence-electron chi connectivity index (χ3n) is 3.87. The molecule has 1 aliphatic rings. The fourth-order valence-corrected chi connectivity index (χ4v) is 2.57. The second-order valence-electron chi connectivity index (χ2n) is 5.67. The third kappa shape index (κ3) is 4.23. The molecule has 1 fully saturated rings. The molecule has 1 atom stereocenters. The molecule has 0 radical (unpaired) electrons. The van der Waals surface area contributed by atoms with Crippen LogP contribution in [0.5, 0.6) is 17.4 Å². The van der Waals surface area contributed by atoms with Crippen LogP contribution >= 0.6 is 0 Å². The summed E-state index contributed by atoms with van der Waals surface area (Å²) in [5.41, 5.74) is 0. The van der Waals surface area contributed by atoms with E-state index < -0.39 is 0 Å². The van der Waals surface area contributed by atoms with Crippen LogP contribution in [0.4, 0.5) is 0 Å². The summed E-state index contributed by atoms with van der Waals surface area (Å²) in [6.07, 6.45) is 1.68. The van der Waals surface area contributed by atoms with Gasteiger partial charge in [0.1, 0.15) is 11.5 Å². The Kier molecular flexibility index (Phi) is 5.28. The van der Waals surface area contributed by atoms with Crippen molar-refractivity contribution >= 4 is 5.91 Å². The number of benzene rings is 1. The molecule has 1 saturated heterocycles. The molecule has 1 N–H and O–H groups in total. The van der Waals surface area contributed by atoms with Gasteiger partial charge in [0.15, 0.2) is 6.61 Å². The zero-order valence-electron chi connectivity index (χ0n) is 13.6. The van der Waals surface area contributed by atoms with Crippen molar-refractivity contribution in [3.8, 4) is 17.4 Å². The van der Waals surface area contributed by atoms with E-state index in [0.29, 0.717) is 17.4 Å². The molecular formula is C18H21N3O3. The van der Waals surface area contributed by atoms with Crippen molar-refractivity contribution in [2.45, 2.75) is 13.0 Å². The van der Waals surface area contributed by atoms with E-state index in [1.54, 1.807) is 36.5 Å². The number of carbonyl (C=O) groups excluding carboxylic acids is 1. The van der Waals surface area contributed by atoms with E-state index in [1.807, 2.05) is 24.0 Å². The Morgan fingerprint density at radius 2 is 2.04 bits per heavy atom. The summed E-state index contributed by atoms with van der Waals surface area (Å²) in [4.78, 5) is 18.2. The maximum absolute atomic E-state index is 12.2. The van der Waals surface area contributed by atoms with E-state index in [0.717, 1.165) is 19.6 Å². The van der Waals surface area contributed by atoms with Gasteiger partial charge in [0.2, 0.25) is 5.88 Å². The van der Waals surface area contributed by atoms with Crippen LogP contribution in [0.15, 0.2) is 48.7 Å². The van der Waals surface area contributed by atoms with Gasteiger partial charge >= 0.3 is 0 Å². The number of ether oxygens (including phenoxy) is 2. The average Bonchev–Trinajstić information content (AvgIpc) is 2.62. The quantitative estimate of drug-likeness (QED) is 0.911. The molecule has 3 rings (SSSR count). The summed E-state index contributed by atoms with van der Waals surface area (Å²) < 4.78 is 11.2. The second kappa shape index (κ2) is 7.79. The zero-order valence-corrected chi connectivity index (χ0v) is 13.6. The molecule has 0 saturated carbocycles. The lowest BCUT2D eigenvalue weighted by molar-refractivity contribution is -0.136. The van der Waals surface area contributed by atoms with E-state index in [-0.39, 0.29) is 18.6 Å². The van der Waals surface area contributed by atoms with Crippen LogP contribution in [0, 0.1) is 0 Å². The van der Waals surface area contributed by atoms with Crippen LogP contribution in [-0.4, -0.2) is 48.1 Å². The Morgan fingerprint density at radius 3 is 2.75 bits per heavy atom. The van der Waals surface area contributed by atoms with Gasteiger partial charge in [0.05, 0.1) is 0 Å². The lowest BCUT2D eigenvalue weighted by Gasteiger charge is -2.33.